The van der Waals surface area contributed by atoms with Crippen LogP contribution < -0.4 is 0 Å². The Labute approximate surface area is 111 Å². The first-order valence-electron chi connectivity index (χ1n) is 6.97. The molecule has 2 fully saturated rings. The van der Waals surface area contributed by atoms with Crippen molar-refractivity contribution in [3.05, 3.63) is 0 Å². The quantitative estimate of drug-likeness (QED) is 0.910. The lowest BCUT2D eigenvalue weighted by Gasteiger charge is -2.26. The van der Waals surface area contributed by atoms with Crippen molar-refractivity contribution in [1.29, 1.82) is 0 Å². The van der Waals surface area contributed by atoms with Crippen LogP contribution in [0.2, 0.25) is 0 Å². The summed E-state index contributed by atoms with van der Waals surface area (Å²) in [7, 11) is 0. The maximum atomic E-state index is 10.0. The second kappa shape index (κ2) is 5.57. The molecule has 1 N–H and O–H groups in total. The molecule has 100 valence electrons. The van der Waals surface area contributed by atoms with Crippen molar-refractivity contribution in [1.82, 2.24) is 20.2 Å². The molecule has 0 amide bonds. The van der Waals surface area contributed by atoms with Crippen LogP contribution in [-0.4, -0.2) is 36.7 Å². The summed E-state index contributed by atoms with van der Waals surface area (Å²) in [5.41, 5.74) is 0. The van der Waals surface area contributed by atoms with Gasteiger partial charge in [0.1, 0.15) is 0 Å². The number of aliphatic hydroxyl groups excluding tert-OH is 1. The Morgan fingerprint density at radius 1 is 1.06 bits per heavy atom. The van der Waals surface area contributed by atoms with Gasteiger partial charge in [-0.1, -0.05) is 37.4 Å². The van der Waals surface area contributed by atoms with Gasteiger partial charge in [-0.2, -0.15) is 0 Å². The van der Waals surface area contributed by atoms with E-state index >= 15 is 0 Å². The lowest BCUT2D eigenvalue weighted by atomic mass is 9.97. The summed E-state index contributed by atoms with van der Waals surface area (Å²) in [6, 6.07) is 0.475. The van der Waals surface area contributed by atoms with E-state index in [0.29, 0.717) is 6.04 Å². The van der Waals surface area contributed by atoms with Gasteiger partial charge in [-0.3, -0.25) is 0 Å². The van der Waals surface area contributed by atoms with Gasteiger partial charge in [0.25, 0.3) is 0 Å². The molecule has 0 radical (unpaired) electrons. The molecule has 1 aromatic heterocycles. The molecule has 0 aliphatic heterocycles. The van der Waals surface area contributed by atoms with Gasteiger partial charge >= 0.3 is 0 Å². The smallest absolute Gasteiger partial charge is 0.209 e. The number of nitrogens with zero attached hydrogens (tertiary/aromatic N) is 4. The van der Waals surface area contributed by atoms with E-state index in [1.54, 1.807) is 11.8 Å². The second-order valence-corrected chi connectivity index (χ2v) is 6.56. The number of thioether (sulfide) groups is 1. The van der Waals surface area contributed by atoms with Crippen LogP contribution in [0.4, 0.5) is 0 Å². The molecule has 1 aromatic rings. The SMILES string of the molecule is O[C@H]1CCCC[C@@H]1Sc1nnnn1C1CCCC1. The Hall–Kier alpha value is -0.620. The summed E-state index contributed by atoms with van der Waals surface area (Å²) in [6.45, 7) is 0. The van der Waals surface area contributed by atoms with Crippen LogP contribution in [0.5, 0.6) is 0 Å². The average Bonchev–Trinajstić information content (AvgIpc) is 3.02. The van der Waals surface area contributed by atoms with E-state index < -0.39 is 0 Å². The zero-order chi connectivity index (χ0) is 12.4. The van der Waals surface area contributed by atoms with Crippen molar-refractivity contribution >= 4 is 11.8 Å². The molecule has 18 heavy (non-hydrogen) atoms. The molecule has 6 heteroatoms. The monoisotopic (exact) mass is 268 g/mol. The molecule has 0 spiro atoms. The predicted molar refractivity (Wildman–Crippen MR) is 69.4 cm³/mol. The Morgan fingerprint density at radius 3 is 2.56 bits per heavy atom. The number of aliphatic hydroxyl groups is 1. The Kier molecular flexibility index (Phi) is 3.84. The molecule has 5 nitrogen and oxygen atoms in total. The molecule has 2 atom stereocenters. The van der Waals surface area contributed by atoms with Gasteiger partial charge in [0.15, 0.2) is 0 Å². The normalized spacial score (nSPS) is 29.8. The zero-order valence-electron chi connectivity index (χ0n) is 10.5. The second-order valence-electron chi connectivity index (χ2n) is 5.35. The highest BCUT2D eigenvalue weighted by Gasteiger charge is 2.28. The summed E-state index contributed by atoms with van der Waals surface area (Å²) in [5, 5.41) is 23.3. The minimum Gasteiger partial charge on any atom is -0.392 e. The fraction of sp³-hybridized carbons (Fsp3) is 0.917. The van der Waals surface area contributed by atoms with E-state index in [0.717, 1.165) is 24.4 Å². The Morgan fingerprint density at radius 2 is 1.78 bits per heavy atom. The molecular formula is C12H20N4OS. The number of tetrazole rings is 1. The first-order valence-corrected chi connectivity index (χ1v) is 7.85. The van der Waals surface area contributed by atoms with Gasteiger partial charge < -0.3 is 5.11 Å². The average molecular weight is 268 g/mol. The number of aromatic nitrogens is 4. The third-order valence-corrected chi connectivity index (χ3v) is 5.39. The van der Waals surface area contributed by atoms with Crippen LogP contribution in [0.3, 0.4) is 0 Å². The van der Waals surface area contributed by atoms with Crippen molar-refractivity contribution in [2.75, 3.05) is 0 Å². The lowest BCUT2D eigenvalue weighted by molar-refractivity contribution is 0.136. The Bertz CT molecular complexity index is 391. The first kappa shape index (κ1) is 12.4. The third kappa shape index (κ3) is 2.54. The zero-order valence-corrected chi connectivity index (χ0v) is 11.3. The number of hydrogen-bond donors (Lipinski definition) is 1. The number of rotatable bonds is 3. The van der Waals surface area contributed by atoms with Crippen LogP contribution in [0, 0.1) is 0 Å². The molecule has 0 aromatic carbocycles. The number of hydrogen-bond acceptors (Lipinski definition) is 5. The molecule has 0 unspecified atom stereocenters. The highest BCUT2D eigenvalue weighted by atomic mass is 32.2. The molecule has 1 heterocycles. The van der Waals surface area contributed by atoms with Crippen LogP contribution in [0.25, 0.3) is 0 Å². The molecule has 2 saturated carbocycles. The summed E-state index contributed by atoms with van der Waals surface area (Å²) >= 11 is 1.67. The van der Waals surface area contributed by atoms with Crippen LogP contribution >= 0.6 is 11.8 Å². The van der Waals surface area contributed by atoms with E-state index in [-0.39, 0.29) is 11.4 Å². The van der Waals surface area contributed by atoms with Crippen molar-refractivity contribution in [2.24, 2.45) is 0 Å². The van der Waals surface area contributed by atoms with Crippen molar-refractivity contribution in [3.63, 3.8) is 0 Å². The van der Waals surface area contributed by atoms with E-state index in [9.17, 15) is 5.11 Å². The van der Waals surface area contributed by atoms with E-state index in [2.05, 4.69) is 15.5 Å². The summed E-state index contributed by atoms with van der Waals surface area (Å²) < 4.78 is 1.99. The predicted octanol–water partition coefficient (Wildman–Crippen LogP) is 2.18. The fourth-order valence-corrected chi connectivity index (χ4v) is 4.22. The van der Waals surface area contributed by atoms with Crippen molar-refractivity contribution < 1.29 is 5.11 Å². The Balaban J connectivity index is 1.70. The molecule has 2 aliphatic carbocycles. The maximum Gasteiger partial charge on any atom is 0.209 e. The minimum absolute atomic E-state index is 0.197. The van der Waals surface area contributed by atoms with E-state index in [1.165, 1.54) is 32.1 Å². The fourth-order valence-electron chi connectivity index (χ4n) is 2.99. The van der Waals surface area contributed by atoms with Gasteiger partial charge in [-0.15, -0.1) is 5.10 Å². The van der Waals surface area contributed by atoms with E-state index in [1.807, 2.05) is 4.68 Å². The summed E-state index contributed by atoms with van der Waals surface area (Å²) in [5.74, 6) is 0. The van der Waals surface area contributed by atoms with E-state index in [4.69, 9.17) is 0 Å². The van der Waals surface area contributed by atoms with Crippen LogP contribution in [0.1, 0.15) is 57.4 Å². The third-order valence-electron chi connectivity index (χ3n) is 4.06. The van der Waals surface area contributed by atoms with Crippen molar-refractivity contribution in [3.8, 4) is 0 Å². The van der Waals surface area contributed by atoms with Gasteiger partial charge in [0, 0.05) is 5.25 Å². The highest BCUT2D eigenvalue weighted by molar-refractivity contribution is 7.99. The van der Waals surface area contributed by atoms with Gasteiger partial charge in [0.2, 0.25) is 5.16 Å². The largest absolute Gasteiger partial charge is 0.392 e. The molecule has 3 rings (SSSR count). The molecular weight excluding hydrogens is 248 g/mol. The van der Waals surface area contributed by atoms with Crippen LogP contribution in [-0.2, 0) is 0 Å². The summed E-state index contributed by atoms with van der Waals surface area (Å²) in [4.78, 5) is 0. The molecule has 2 aliphatic rings. The lowest BCUT2D eigenvalue weighted by Crippen LogP contribution is -2.27. The van der Waals surface area contributed by atoms with Gasteiger partial charge in [0.05, 0.1) is 12.1 Å². The first-order chi connectivity index (χ1) is 8.84. The molecule has 0 bridgehead atoms. The van der Waals surface area contributed by atoms with Crippen molar-refractivity contribution in [2.45, 2.75) is 73.9 Å². The van der Waals surface area contributed by atoms with Crippen LogP contribution in [0.15, 0.2) is 5.16 Å². The summed E-state index contributed by atoms with van der Waals surface area (Å²) in [6.07, 6.45) is 9.08. The van der Waals surface area contributed by atoms with Gasteiger partial charge in [-0.05, 0) is 36.1 Å². The maximum absolute atomic E-state index is 10.0. The highest BCUT2D eigenvalue weighted by Crippen LogP contribution is 2.36. The minimum atomic E-state index is -0.197. The topological polar surface area (TPSA) is 63.8 Å². The molecule has 0 saturated heterocycles. The standard InChI is InChI=1S/C12H20N4OS/c17-10-7-3-4-8-11(10)18-12-13-14-15-16(12)9-5-1-2-6-9/h9-11,17H,1-8H2/t10-,11-/m0/s1. The van der Waals surface area contributed by atoms with Gasteiger partial charge in [-0.25, -0.2) is 4.68 Å².